The van der Waals surface area contributed by atoms with Crippen LogP contribution >= 0.6 is 11.8 Å². The molecule has 0 unspecified atom stereocenters. The van der Waals surface area contributed by atoms with Crippen LogP contribution in [0.25, 0.3) is 0 Å². The molecule has 1 aliphatic heterocycles. The number of hydrogen-bond donors (Lipinski definition) is 1. The van der Waals surface area contributed by atoms with Crippen molar-refractivity contribution in [3.63, 3.8) is 0 Å². The van der Waals surface area contributed by atoms with E-state index in [2.05, 4.69) is 5.32 Å². The number of thioether (sulfide) groups is 1. The molecule has 0 atom stereocenters. The molecule has 2 rings (SSSR count). The van der Waals surface area contributed by atoms with Crippen LogP contribution in [0.5, 0.6) is 0 Å². The van der Waals surface area contributed by atoms with E-state index in [4.69, 9.17) is 0 Å². The SMILES string of the molecule is O=C1NC2(CC2)CS1. The highest BCUT2D eigenvalue weighted by Crippen LogP contribution is 2.42. The standard InChI is InChI=1S/C5H7NOS/c7-4-6-5(1-2-5)3-8-4/h1-3H2,(H,6,7). The zero-order valence-corrected chi connectivity index (χ0v) is 5.25. The first kappa shape index (κ1) is 4.68. The zero-order valence-electron chi connectivity index (χ0n) is 4.44. The van der Waals surface area contributed by atoms with Gasteiger partial charge in [-0.1, -0.05) is 11.8 Å². The normalized spacial score (nSPS) is 30.8. The van der Waals surface area contributed by atoms with E-state index in [9.17, 15) is 4.79 Å². The molecule has 44 valence electrons. The van der Waals surface area contributed by atoms with Gasteiger partial charge >= 0.3 is 0 Å². The van der Waals surface area contributed by atoms with Crippen LogP contribution < -0.4 is 5.32 Å². The van der Waals surface area contributed by atoms with Crippen LogP contribution in [0, 0.1) is 0 Å². The van der Waals surface area contributed by atoms with E-state index in [1.165, 1.54) is 24.6 Å². The summed E-state index contributed by atoms with van der Waals surface area (Å²) in [7, 11) is 0. The van der Waals surface area contributed by atoms with E-state index in [0.717, 1.165) is 5.75 Å². The molecule has 0 bridgehead atoms. The highest BCUT2D eigenvalue weighted by atomic mass is 32.2. The fourth-order valence-electron chi connectivity index (χ4n) is 0.913. The minimum Gasteiger partial charge on any atom is -0.341 e. The Labute approximate surface area is 52.0 Å². The van der Waals surface area contributed by atoms with Crippen LogP contribution in [-0.4, -0.2) is 16.5 Å². The van der Waals surface area contributed by atoms with E-state index in [1.54, 1.807) is 0 Å². The first-order chi connectivity index (χ1) is 3.81. The number of carbonyl (C=O) groups is 1. The van der Waals surface area contributed by atoms with Gasteiger partial charge in [-0.25, -0.2) is 0 Å². The Hall–Kier alpha value is -0.180. The maximum Gasteiger partial charge on any atom is 0.279 e. The minimum absolute atomic E-state index is 0.169. The summed E-state index contributed by atoms with van der Waals surface area (Å²) >= 11 is 1.42. The van der Waals surface area contributed by atoms with Gasteiger partial charge in [-0.3, -0.25) is 4.79 Å². The Morgan fingerprint density at radius 1 is 1.62 bits per heavy atom. The van der Waals surface area contributed by atoms with Gasteiger partial charge in [0.1, 0.15) is 0 Å². The summed E-state index contributed by atoms with van der Waals surface area (Å²) in [5.74, 6) is 1.01. The second-order valence-electron chi connectivity index (χ2n) is 2.48. The van der Waals surface area contributed by atoms with Gasteiger partial charge in [0.05, 0.1) is 5.54 Å². The third kappa shape index (κ3) is 0.540. The van der Waals surface area contributed by atoms with Gasteiger partial charge in [0.2, 0.25) is 0 Å². The summed E-state index contributed by atoms with van der Waals surface area (Å²) in [6.45, 7) is 0. The highest BCUT2D eigenvalue weighted by molar-refractivity contribution is 8.14. The van der Waals surface area contributed by atoms with Crippen LogP contribution in [-0.2, 0) is 0 Å². The van der Waals surface area contributed by atoms with Gasteiger partial charge < -0.3 is 5.32 Å². The fourth-order valence-corrected chi connectivity index (χ4v) is 1.97. The first-order valence-electron chi connectivity index (χ1n) is 2.76. The lowest BCUT2D eigenvalue weighted by atomic mass is 10.3. The lowest BCUT2D eigenvalue weighted by molar-refractivity contribution is 0.259. The third-order valence-electron chi connectivity index (χ3n) is 1.70. The first-order valence-corrected chi connectivity index (χ1v) is 3.74. The summed E-state index contributed by atoms with van der Waals surface area (Å²) in [6.07, 6.45) is 2.40. The quantitative estimate of drug-likeness (QED) is 0.528. The van der Waals surface area contributed by atoms with E-state index in [-0.39, 0.29) is 10.8 Å². The van der Waals surface area contributed by atoms with Crippen LogP contribution in [0.15, 0.2) is 0 Å². The second kappa shape index (κ2) is 1.21. The monoisotopic (exact) mass is 129 g/mol. The number of carbonyl (C=O) groups excluding carboxylic acids is 1. The molecule has 8 heavy (non-hydrogen) atoms. The average molecular weight is 129 g/mol. The molecule has 1 N–H and O–H groups in total. The molecule has 0 aromatic carbocycles. The fraction of sp³-hybridized carbons (Fsp3) is 0.800. The largest absolute Gasteiger partial charge is 0.341 e. The minimum atomic E-state index is 0.169. The summed E-state index contributed by atoms with van der Waals surface area (Å²) < 4.78 is 0. The molecule has 1 heterocycles. The lowest BCUT2D eigenvalue weighted by Gasteiger charge is -1.99. The van der Waals surface area contributed by atoms with E-state index < -0.39 is 0 Å². The number of hydrogen-bond acceptors (Lipinski definition) is 2. The van der Waals surface area contributed by atoms with Gasteiger partial charge in [0.25, 0.3) is 5.24 Å². The topological polar surface area (TPSA) is 29.1 Å². The van der Waals surface area contributed by atoms with Gasteiger partial charge in [-0.2, -0.15) is 0 Å². The average Bonchev–Trinajstić information content (AvgIpc) is 2.34. The van der Waals surface area contributed by atoms with Crippen molar-refractivity contribution >= 4 is 17.0 Å². The molecule has 2 nitrogen and oxygen atoms in total. The van der Waals surface area contributed by atoms with Crippen molar-refractivity contribution in [2.45, 2.75) is 18.4 Å². The Kier molecular flexibility index (Phi) is 0.707. The van der Waals surface area contributed by atoms with Gasteiger partial charge in [0.15, 0.2) is 0 Å². The van der Waals surface area contributed by atoms with Crippen LogP contribution in [0.2, 0.25) is 0 Å². The molecule has 2 aliphatic rings. The Bertz CT molecular complexity index is 141. The zero-order chi connectivity index (χ0) is 5.61. The van der Waals surface area contributed by atoms with Crippen LogP contribution in [0.1, 0.15) is 12.8 Å². The highest BCUT2D eigenvalue weighted by Gasteiger charge is 2.48. The molecule has 0 aromatic heterocycles. The molecule has 2 fully saturated rings. The van der Waals surface area contributed by atoms with Crippen molar-refractivity contribution in [2.24, 2.45) is 0 Å². The summed E-state index contributed by atoms with van der Waals surface area (Å²) in [5.41, 5.74) is 0.280. The molecule has 1 saturated carbocycles. The summed E-state index contributed by atoms with van der Waals surface area (Å²) in [4.78, 5) is 10.6. The molecule has 1 amide bonds. The third-order valence-corrected chi connectivity index (χ3v) is 2.76. The molecule has 1 spiro atoms. The lowest BCUT2D eigenvalue weighted by Crippen LogP contribution is -2.27. The Morgan fingerprint density at radius 2 is 2.38 bits per heavy atom. The summed E-state index contributed by atoms with van der Waals surface area (Å²) in [5, 5.41) is 3.10. The van der Waals surface area contributed by atoms with Crippen molar-refractivity contribution in [3.05, 3.63) is 0 Å². The molecular formula is C5H7NOS. The smallest absolute Gasteiger partial charge is 0.279 e. The molecule has 1 aliphatic carbocycles. The van der Waals surface area contributed by atoms with Crippen molar-refractivity contribution in [1.82, 2.24) is 5.32 Å². The van der Waals surface area contributed by atoms with Crippen LogP contribution in [0.4, 0.5) is 4.79 Å². The van der Waals surface area contributed by atoms with Crippen LogP contribution in [0.3, 0.4) is 0 Å². The Balaban J connectivity index is 2.13. The van der Waals surface area contributed by atoms with Crippen molar-refractivity contribution in [1.29, 1.82) is 0 Å². The van der Waals surface area contributed by atoms with Crippen molar-refractivity contribution in [3.8, 4) is 0 Å². The maximum atomic E-state index is 10.6. The van der Waals surface area contributed by atoms with Crippen molar-refractivity contribution in [2.75, 3.05) is 5.75 Å². The number of nitrogens with one attached hydrogen (secondary N) is 1. The van der Waals surface area contributed by atoms with Crippen molar-refractivity contribution < 1.29 is 4.79 Å². The molecule has 0 aromatic rings. The second-order valence-corrected chi connectivity index (χ2v) is 3.43. The van der Waals surface area contributed by atoms with Gasteiger partial charge in [0, 0.05) is 5.75 Å². The molecule has 3 heteroatoms. The van der Waals surface area contributed by atoms with E-state index in [0.29, 0.717) is 0 Å². The Morgan fingerprint density at radius 3 is 2.62 bits per heavy atom. The van der Waals surface area contributed by atoms with Gasteiger partial charge in [-0.05, 0) is 12.8 Å². The maximum absolute atomic E-state index is 10.6. The predicted octanol–water partition coefficient (Wildman–Crippen LogP) is 0.975. The number of rotatable bonds is 0. The molecular weight excluding hydrogens is 122 g/mol. The van der Waals surface area contributed by atoms with Gasteiger partial charge in [-0.15, -0.1) is 0 Å². The molecule has 1 saturated heterocycles. The number of amides is 1. The molecule has 0 radical (unpaired) electrons. The summed E-state index contributed by atoms with van der Waals surface area (Å²) in [6, 6.07) is 0. The van der Waals surface area contributed by atoms with E-state index >= 15 is 0 Å². The van der Waals surface area contributed by atoms with E-state index in [1.807, 2.05) is 0 Å². The predicted molar refractivity (Wildman–Crippen MR) is 33.0 cm³/mol.